The van der Waals surface area contributed by atoms with Crippen LogP contribution < -0.4 is 10.6 Å². The number of aliphatic hydroxyl groups is 4. The fraction of sp³-hybridized carbons (Fsp3) is 0.475. The minimum absolute atomic E-state index is 0.0700. The molecule has 3 aromatic rings. The van der Waals surface area contributed by atoms with Gasteiger partial charge in [0, 0.05) is 5.69 Å². The summed E-state index contributed by atoms with van der Waals surface area (Å²) in [5, 5.41) is 37.5. The molecule has 3 aromatic carbocycles. The molecule has 1 saturated heterocycles. The van der Waals surface area contributed by atoms with Crippen molar-refractivity contribution in [3.63, 3.8) is 0 Å². The number of β-lactam (4-membered cyclic amide) rings is 1. The predicted octanol–water partition coefficient (Wildman–Crippen LogP) is 6.44. The normalized spacial score (nSPS) is 13.5. The Hall–Kier alpha value is -3.80. The van der Waals surface area contributed by atoms with E-state index in [1.165, 1.54) is 23.3 Å². The van der Waals surface area contributed by atoms with Gasteiger partial charge in [0.15, 0.2) is 0 Å². The molecule has 0 saturated carbocycles. The van der Waals surface area contributed by atoms with Crippen LogP contribution in [0.4, 0.5) is 10.1 Å². The van der Waals surface area contributed by atoms with Crippen LogP contribution in [0, 0.1) is 5.82 Å². The maximum Gasteiger partial charge on any atom is 0.230 e. The fourth-order valence-electron chi connectivity index (χ4n) is 4.96. The number of carbonyl (C=O) groups excluding carboxylic acids is 3. The van der Waals surface area contributed by atoms with Gasteiger partial charge in [0.05, 0.1) is 31.8 Å². The topological polar surface area (TPSA) is 161 Å². The van der Waals surface area contributed by atoms with E-state index >= 15 is 0 Å². The SMILES string of the molecule is C=O.C=O.CC.CC.CC[C@H](O)c1ccc(F)cc1.NCCCc1ccc(N2C(=O)C[C@H]2c2ccc(CCCCC(O)(CO)CO)cc2)cc1. The Kier molecular flexibility index (Phi) is 28.0. The lowest BCUT2D eigenvalue weighted by molar-refractivity contribution is -0.124. The van der Waals surface area contributed by atoms with Crippen molar-refractivity contribution in [2.24, 2.45) is 5.73 Å². The third-order valence-corrected chi connectivity index (χ3v) is 7.78. The van der Waals surface area contributed by atoms with E-state index in [1.54, 1.807) is 12.1 Å². The molecule has 0 aromatic heterocycles. The van der Waals surface area contributed by atoms with Crippen molar-refractivity contribution >= 4 is 25.2 Å². The van der Waals surface area contributed by atoms with Gasteiger partial charge >= 0.3 is 0 Å². The predicted molar refractivity (Wildman–Crippen MR) is 200 cm³/mol. The second kappa shape index (κ2) is 29.0. The van der Waals surface area contributed by atoms with E-state index in [-0.39, 0.29) is 17.8 Å². The van der Waals surface area contributed by atoms with Crippen molar-refractivity contribution in [1.82, 2.24) is 0 Å². The Morgan fingerprint density at radius 3 is 1.74 bits per heavy atom. The number of hydrogen-bond acceptors (Lipinski definition) is 8. The lowest BCUT2D eigenvalue weighted by Gasteiger charge is -2.41. The van der Waals surface area contributed by atoms with Crippen molar-refractivity contribution in [2.75, 3.05) is 24.7 Å². The van der Waals surface area contributed by atoms with Crippen LogP contribution in [0.2, 0.25) is 0 Å². The third kappa shape index (κ3) is 16.7. The first-order valence-corrected chi connectivity index (χ1v) is 17.4. The van der Waals surface area contributed by atoms with Crippen molar-refractivity contribution in [1.29, 1.82) is 0 Å². The summed E-state index contributed by atoms with van der Waals surface area (Å²) in [6.07, 6.45) is 5.47. The van der Waals surface area contributed by atoms with Crippen LogP contribution in [-0.4, -0.2) is 65.3 Å². The molecular weight excluding hydrogens is 639 g/mol. The zero-order valence-electron chi connectivity index (χ0n) is 30.7. The Morgan fingerprint density at radius 2 is 1.30 bits per heavy atom. The van der Waals surface area contributed by atoms with Crippen molar-refractivity contribution in [3.05, 3.63) is 101 Å². The monoisotopic (exact) mass is 700 g/mol. The lowest BCUT2D eigenvalue weighted by atomic mass is 9.91. The number of nitrogens with two attached hydrogens (primary N) is 1. The van der Waals surface area contributed by atoms with Crippen LogP contribution in [-0.2, 0) is 27.2 Å². The van der Waals surface area contributed by atoms with Gasteiger partial charge in [0.2, 0.25) is 5.91 Å². The first kappa shape index (κ1) is 48.3. The van der Waals surface area contributed by atoms with E-state index in [0.29, 0.717) is 25.8 Å². The van der Waals surface area contributed by atoms with Gasteiger partial charge in [-0.15, -0.1) is 0 Å². The second-order valence-corrected chi connectivity index (χ2v) is 11.0. The van der Waals surface area contributed by atoms with Gasteiger partial charge in [-0.05, 0) is 91.6 Å². The molecule has 9 nitrogen and oxygen atoms in total. The van der Waals surface area contributed by atoms with Crippen LogP contribution in [0.15, 0.2) is 72.8 Å². The molecule has 0 spiro atoms. The molecule has 1 amide bonds. The van der Waals surface area contributed by atoms with Gasteiger partial charge in [-0.25, -0.2) is 4.39 Å². The molecule has 0 aliphatic carbocycles. The summed E-state index contributed by atoms with van der Waals surface area (Å²) in [5.74, 6) is -0.124. The number of unbranched alkanes of at least 4 members (excludes halogenated alkanes) is 1. The highest BCUT2D eigenvalue weighted by Gasteiger charge is 2.38. The van der Waals surface area contributed by atoms with Gasteiger partial charge in [-0.1, -0.05) is 89.6 Å². The van der Waals surface area contributed by atoms with Crippen LogP contribution in [0.1, 0.15) is 108 Å². The molecule has 0 bridgehead atoms. The summed E-state index contributed by atoms with van der Waals surface area (Å²) in [6, 6.07) is 22.5. The standard InChI is InChI=1S/C25H34N2O4.C9H11FO.2C2H6.2CH2O/c26-15-3-5-20-8-12-22(13-9-20)27-23(16-24(27)30)21-10-6-19(7-11-21)4-1-2-14-25(31,17-28)18-29;1-2-9(11)7-3-5-8(10)6-4-7;4*1-2/h6-13,23,28-29,31H,1-5,14-18,26H2;3-6,9,11H,2H2,1H3;2*1-2H3;2*1H2/t23-;9-;;;;/m00..../s1. The molecule has 1 fully saturated rings. The molecule has 1 aliphatic heterocycles. The molecule has 6 N–H and O–H groups in total. The Balaban J connectivity index is 0. The molecule has 1 heterocycles. The quantitative estimate of drug-likeness (QED) is 0.0949. The molecule has 280 valence electrons. The number of nitrogens with zero attached hydrogens (tertiary/aromatic N) is 1. The van der Waals surface area contributed by atoms with E-state index in [9.17, 15) is 19.4 Å². The first-order valence-electron chi connectivity index (χ1n) is 17.4. The number of anilines is 1. The van der Waals surface area contributed by atoms with Crippen molar-refractivity contribution in [2.45, 2.75) is 104 Å². The van der Waals surface area contributed by atoms with Gasteiger partial charge in [-0.2, -0.15) is 0 Å². The number of benzene rings is 3. The summed E-state index contributed by atoms with van der Waals surface area (Å²) in [6.45, 7) is 13.7. The van der Waals surface area contributed by atoms with E-state index in [4.69, 9.17) is 25.5 Å². The van der Waals surface area contributed by atoms with Crippen molar-refractivity contribution in [3.8, 4) is 0 Å². The summed E-state index contributed by atoms with van der Waals surface area (Å²) >= 11 is 0. The summed E-state index contributed by atoms with van der Waals surface area (Å²) in [4.78, 5) is 30.2. The average molecular weight is 701 g/mol. The van der Waals surface area contributed by atoms with Crippen LogP contribution in [0.5, 0.6) is 0 Å². The molecular formula is C40H61FN2O7. The highest BCUT2D eigenvalue weighted by molar-refractivity contribution is 6.01. The molecule has 50 heavy (non-hydrogen) atoms. The highest BCUT2D eigenvalue weighted by atomic mass is 19.1. The van der Waals surface area contributed by atoms with Gasteiger partial charge < -0.3 is 40.6 Å². The number of amides is 1. The van der Waals surface area contributed by atoms with E-state index in [1.807, 2.05) is 65.2 Å². The van der Waals surface area contributed by atoms with E-state index in [0.717, 1.165) is 48.9 Å². The minimum Gasteiger partial charge on any atom is -0.393 e. The molecule has 4 rings (SSSR count). The first-order chi connectivity index (χ1) is 24.2. The Bertz CT molecular complexity index is 1250. The number of hydrogen-bond donors (Lipinski definition) is 5. The number of halogens is 1. The fourth-order valence-corrected chi connectivity index (χ4v) is 4.96. The third-order valence-electron chi connectivity index (χ3n) is 7.78. The van der Waals surface area contributed by atoms with Crippen molar-refractivity contribution < 1.29 is 39.2 Å². The van der Waals surface area contributed by atoms with Crippen LogP contribution in [0.25, 0.3) is 0 Å². The Morgan fingerprint density at radius 1 is 0.820 bits per heavy atom. The van der Waals surface area contributed by atoms with E-state index < -0.39 is 24.9 Å². The molecule has 2 atom stereocenters. The number of aliphatic hydroxyl groups excluding tert-OH is 3. The summed E-state index contributed by atoms with van der Waals surface area (Å²) in [7, 11) is 0. The number of rotatable bonds is 14. The summed E-state index contributed by atoms with van der Waals surface area (Å²) < 4.78 is 12.4. The zero-order chi connectivity index (χ0) is 38.5. The molecule has 10 heteroatoms. The molecule has 0 radical (unpaired) electrons. The zero-order valence-corrected chi connectivity index (χ0v) is 30.7. The number of carbonyl (C=O) groups is 3. The Labute approximate surface area is 299 Å². The van der Waals surface area contributed by atoms with Crippen LogP contribution in [0.3, 0.4) is 0 Å². The average Bonchev–Trinajstić information content (AvgIpc) is 3.18. The van der Waals surface area contributed by atoms with Gasteiger partial charge in [0.25, 0.3) is 0 Å². The maximum atomic E-state index is 12.4. The largest absolute Gasteiger partial charge is 0.393 e. The molecule has 1 aliphatic rings. The van der Waals surface area contributed by atoms with Gasteiger partial charge in [0.1, 0.15) is 25.0 Å². The highest BCUT2D eigenvalue weighted by Crippen LogP contribution is 2.39. The molecule has 0 unspecified atom stereocenters. The number of aryl methyl sites for hydroxylation is 2. The smallest absolute Gasteiger partial charge is 0.230 e. The minimum atomic E-state index is -1.38. The van der Waals surface area contributed by atoms with E-state index in [2.05, 4.69) is 36.4 Å². The summed E-state index contributed by atoms with van der Waals surface area (Å²) in [5.41, 5.74) is 9.46. The van der Waals surface area contributed by atoms with Crippen LogP contribution >= 0.6 is 0 Å². The maximum absolute atomic E-state index is 12.4. The van der Waals surface area contributed by atoms with Gasteiger partial charge in [-0.3, -0.25) is 4.79 Å². The lowest BCUT2D eigenvalue weighted by Crippen LogP contribution is -2.46. The second-order valence-electron chi connectivity index (χ2n) is 11.0.